The van der Waals surface area contributed by atoms with Crippen molar-refractivity contribution in [3.05, 3.63) is 51.5 Å². The predicted molar refractivity (Wildman–Crippen MR) is 119 cm³/mol. The third kappa shape index (κ3) is 4.36. The molecule has 0 radical (unpaired) electrons. The second-order valence-electron chi connectivity index (χ2n) is 6.16. The molecule has 0 saturated heterocycles. The first kappa shape index (κ1) is 20.4. The number of benzene rings is 2. The van der Waals surface area contributed by atoms with Crippen LogP contribution in [0.5, 0.6) is 11.5 Å². The molecule has 28 heavy (non-hydrogen) atoms. The highest BCUT2D eigenvalue weighted by Gasteiger charge is 2.11. The zero-order chi connectivity index (χ0) is 20.3. The Bertz CT molecular complexity index is 1060. The second kappa shape index (κ2) is 8.75. The molecule has 2 aromatic carbocycles. The van der Waals surface area contributed by atoms with Crippen LogP contribution < -0.4 is 14.8 Å². The van der Waals surface area contributed by atoms with E-state index >= 15 is 0 Å². The number of aromatic nitrogens is 1. The molecule has 0 bridgehead atoms. The maximum atomic E-state index is 12.3. The fraction of sp³-hybridized carbons (Fsp3) is 0.238. The zero-order valence-electron chi connectivity index (χ0n) is 16.1. The number of methoxy groups -OCH3 is 1. The summed E-state index contributed by atoms with van der Waals surface area (Å²) >= 11 is 4.95. The molecule has 0 aliphatic carbocycles. The minimum Gasteiger partial charge on any atom is -0.493 e. The lowest BCUT2D eigenvalue weighted by molar-refractivity contribution is -0.111. The second-order valence-corrected chi connectivity index (χ2v) is 8.05. The molecule has 0 atom stereocenters. The van der Waals surface area contributed by atoms with Crippen molar-refractivity contribution in [3.63, 3.8) is 0 Å². The van der Waals surface area contributed by atoms with Gasteiger partial charge in [-0.3, -0.25) is 10.1 Å². The van der Waals surface area contributed by atoms with Gasteiger partial charge in [0.25, 0.3) is 0 Å². The van der Waals surface area contributed by atoms with Crippen molar-refractivity contribution in [1.82, 2.24) is 4.98 Å². The van der Waals surface area contributed by atoms with E-state index in [1.165, 1.54) is 23.0 Å². The lowest BCUT2D eigenvalue weighted by Crippen LogP contribution is -2.07. The van der Waals surface area contributed by atoms with E-state index in [-0.39, 0.29) is 5.91 Å². The summed E-state index contributed by atoms with van der Waals surface area (Å²) in [5, 5.41) is 3.42. The molecule has 1 N–H and O–H groups in total. The molecule has 3 aromatic rings. The molecule has 7 heteroatoms. The van der Waals surface area contributed by atoms with Crippen LogP contribution in [0.2, 0.25) is 0 Å². The SMILES string of the molecule is CCOc1c(Br)cc(/C=C/C(=O)Nc2nc3c(C)c(C)ccc3s2)cc1OC. The number of carbonyl (C=O) groups excluding carboxylic acids is 1. The summed E-state index contributed by atoms with van der Waals surface area (Å²) in [6, 6.07) is 7.80. The average molecular weight is 461 g/mol. The van der Waals surface area contributed by atoms with Crippen LogP contribution in [0.4, 0.5) is 5.13 Å². The Kier molecular flexibility index (Phi) is 6.36. The molecule has 1 amide bonds. The number of ether oxygens (including phenoxy) is 2. The molecule has 1 heterocycles. The summed E-state index contributed by atoms with van der Waals surface area (Å²) < 4.78 is 12.8. The Balaban J connectivity index is 1.77. The fourth-order valence-electron chi connectivity index (χ4n) is 2.72. The average Bonchev–Trinajstić information content (AvgIpc) is 3.08. The number of thiazole rings is 1. The summed E-state index contributed by atoms with van der Waals surface area (Å²) in [5.41, 5.74) is 4.07. The first-order valence-electron chi connectivity index (χ1n) is 8.79. The first-order valence-corrected chi connectivity index (χ1v) is 10.4. The third-order valence-corrected chi connectivity index (χ3v) is 5.81. The van der Waals surface area contributed by atoms with Crippen molar-refractivity contribution in [3.8, 4) is 11.5 Å². The van der Waals surface area contributed by atoms with E-state index in [4.69, 9.17) is 9.47 Å². The topological polar surface area (TPSA) is 60.5 Å². The van der Waals surface area contributed by atoms with E-state index in [1.54, 1.807) is 13.2 Å². The highest BCUT2D eigenvalue weighted by atomic mass is 79.9. The fourth-order valence-corrected chi connectivity index (χ4v) is 4.22. The number of rotatable bonds is 6. The molecule has 0 aliphatic rings. The molecule has 1 aromatic heterocycles. The van der Waals surface area contributed by atoms with E-state index in [2.05, 4.69) is 39.2 Å². The molecule has 146 valence electrons. The van der Waals surface area contributed by atoms with Crippen LogP contribution in [0.3, 0.4) is 0 Å². The monoisotopic (exact) mass is 460 g/mol. The Morgan fingerprint density at radius 1 is 1.32 bits per heavy atom. The van der Waals surface area contributed by atoms with Crippen molar-refractivity contribution >= 4 is 54.6 Å². The van der Waals surface area contributed by atoms with Gasteiger partial charge < -0.3 is 9.47 Å². The van der Waals surface area contributed by atoms with Gasteiger partial charge in [-0.05, 0) is 77.7 Å². The quantitative estimate of drug-likeness (QED) is 0.476. The minimum atomic E-state index is -0.239. The summed E-state index contributed by atoms with van der Waals surface area (Å²) in [7, 11) is 1.58. The number of amides is 1. The van der Waals surface area contributed by atoms with Crippen LogP contribution in [0.25, 0.3) is 16.3 Å². The summed E-state index contributed by atoms with van der Waals surface area (Å²) in [5.74, 6) is 1.01. The standard InChI is InChI=1S/C21H21BrN2O3S/c1-5-27-20-15(22)10-14(11-16(20)26-4)7-9-18(25)23-21-24-19-13(3)12(2)6-8-17(19)28-21/h6-11H,5H2,1-4H3,(H,23,24,25)/b9-7+. The Morgan fingerprint density at radius 2 is 2.11 bits per heavy atom. The number of fused-ring (bicyclic) bond motifs is 1. The number of hydrogen-bond donors (Lipinski definition) is 1. The van der Waals surface area contributed by atoms with Gasteiger partial charge in [0.2, 0.25) is 5.91 Å². The zero-order valence-corrected chi connectivity index (χ0v) is 18.5. The third-order valence-electron chi connectivity index (χ3n) is 4.28. The van der Waals surface area contributed by atoms with E-state index in [1.807, 2.05) is 32.0 Å². The van der Waals surface area contributed by atoms with Gasteiger partial charge in [0, 0.05) is 6.08 Å². The van der Waals surface area contributed by atoms with Crippen LogP contribution in [-0.4, -0.2) is 24.6 Å². The largest absolute Gasteiger partial charge is 0.493 e. The molecule has 0 saturated carbocycles. The number of nitrogens with zero attached hydrogens (tertiary/aromatic N) is 1. The molecule has 0 aliphatic heterocycles. The highest BCUT2D eigenvalue weighted by molar-refractivity contribution is 9.10. The normalized spacial score (nSPS) is 11.2. The smallest absolute Gasteiger partial charge is 0.250 e. The number of anilines is 1. The van der Waals surface area contributed by atoms with Crippen molar-refractivity contribution in [2.45, 2.75) is 20.8 Å². The van der Waals surface area contributed by atoms with Crippen molar-refractivity contribution < 1.29 is 14.3 Å². The van der Waals surface area contributed by atoms with Gasteiger partial charge in [0.15, 0.2) is 16.6 Å². The molecule has 5 nitrogen and oxygen atoms in total. The summed E-state index contributed by atoms with van der Waals surface area (Å²) in [4.78, 5) is 16.9. The number of halogens is 1. The van der Waals surface area contributed by atoms with Gasteiger partial charge in [0.05, 0.1) is 28.4 Å². The molecule has 0 spiro atoms. The van der Waals surface area contributed by atoms with Crippen molar-refractivity contribution in [1.29, 1.82) is 0 Å². The van der Waals surface area contributed by atoms with Gasteiger partial charge in [-0.25, -0.2) is 4.98 Å². The highest BCUT2D eigenvalue weighted by Crippen LogP contribution is 2.37. The van der Waals surface area contributed by atoms with Crippen LogP contribution in [-0.2, 0) is 4.79 Å². The number of nitrogens with one attached hydrogen (secondary N) is 1. The van der Waals surface area contributed by atoms with E-state index < -0.39 is 0 Å². The van der Waals surface area contributed by atoms with Crippen LogP contribution in [0, 0.1) is 13.8 Å². The van der Waals surface area contributed by atoms with Crippen molar-refractivity contribution in [2.24, 2.45) is 0 Å². The van der Waals surface area contributed by atoms with Crippen LogP contribution in [0.15, 0.2) is 34.8 Å². The van der Waals surface area contributed by atoms with Gasteiger partial charge in [-0.15, -0.1) is 0 Å². The first-order chi connectivity index (χ1) is 13.4. The van der Waals surface area contributed by atoms with Crippen LogP contribution in [0.1, 0.15) is 23.6 Å². The van der Waals surface area contributed by atoms with Gasteiger partial charge in [-0.2, -0.15) is 0 Å². The predicted octanol–water partition coefficient (Wildman–Crippen LogP) is 5.73. The molecule has 3 rings (SSSR count). The van der Waals surface area contributed by atoms with Gasteiger partial charge in [0.1, 0.15) is 0 Å². The van der Waals surface area contributed by atoms with Gasteiger partial charge in [-0.1, -0.05) is 17.4 Å². The number of hydrogen-bond acceptors (Lipinski definition) is 5. The van der Waals surface area contributed by atoms with Crippen molar-refractivity contribution in [2.75, 3.05) is 19.0 Å². The summed E-state index contributed by atoms with van der Waals surface area (Å²) in [6.45, 7) is 6.54. The number of aryl methyl sites for hydroxylation is 2. The van der Waals surface area contributed by atoms with Crippen LogP contribution >= 0.6 is 27.3 Å². The maximum Gasteiger partial charge on any atom is 0.250 e. The molecular weight excluding hydrogens is 440 g/mol. The summed E-state index contributed by atoms with van der Waals surface area (Å²) in [6.07, 6.45) is 3.20. The van der Waals surface area contributed by atoms with Gasteiger partial charge >= 0.3 is 0 Å². The lowest BCUT2D eigenvalue weighted by atomic mass is 10.1. The molecule has 0 unspecified atom stereocenters. The molecule has 0 fully saturated rings. The van der Waals surface area contributed by atoms with E-state index in [0.29, 0.717) is 23.2 Å². The van der Waals surface area contributed by atoms with E-state index in [9.17, 15) is 4.79 Å². The number of carbonyl (C=O) groups is 1. The Morgan fingerprint density at radius 3 is 2.82 bits per heavy atom. The maximum absolute atomic E-state index is 12.3. The Labute approximate surface area is 176 Å². The Hall–Kier alpha value is -2.38. The molecular formula is C21H21BrN2O3S. The minimum absolute atomic E-state index is 0.239. The van der Waals surface area contributed by atoms with E-state index in [0.717, 1.165) is 25.8 Å². The lowest BCUT2D eigenvalue weighted by Gasteiger charge is -2.12.